The molecule has 2 N–H and O–H groups in total. The Hall–Kier alpha value is -2.57. The van der Waals surface area contributed by atoms with Crippen LogP contribution in [0.4, 0.5) is 4.79 Å². The maximum Gasteiger partial charge on any atom is 0.408 e. The van der Waals surface area contributed by atoms with E-state index in [1.54, 1.807) is 14.0 Å². The molecule has 2 atom stereocenters. The van der Waals surface area contributed by atoms with E-state index in [2.05, 4.69) is 10.6 Å². The van der Waals surface area contributed by atoms with E-state index < -0.39 is 18.2 Å². The maximum absolute atomic E-state index is 12.5. The zero-order valence-electron chi connectivity index (χ0n) is 14.0. The van der Waals surface area contributed by atoms with Crippen LogP contribution in [0.15, 0.2) is 30.3 Å². The van der Waals surface area contributed by atoms with Crippen LogP contribution >= 0.6 is 0 Å². The average Bonchev–Trinajstić information content (AvgIpc) is 3.09. The van der Waals surface area contributed by atoms with Crippen molar-refractivity contribution < 1.29 is 19.1 Å². The molecule has 0 unspecified atom stereocenters. The molecule has 130 valence electrons. The van der Waals surface area contributed by atoms with Crippen LogP contribution in [-0.4, -0.2) is 48.5 Å². The molecule has 0 spiro atoms. The van der Waals surface area contributed by atoms with E-state index in [1.807, 2.05) is 30.3 Å². The smallest absolute Gasteiger partial charge is 0.408 e. The highest BCUT2D eigenvalue weighted by atomic mass is 16.5. The van der Waals surface area contributed by atoms with Gasteiger partial charge in [-0.1, -0.05) is 30.3 Å². The third-order valence-electron chi connectivity index (χ3n) is 4.00. The summed E-state index contributed by atoms with van der Waals surface area (Å²) in [4.78, 5) is 37.6. The van der Waals surface area contributed by atoms with Crippen LogP contribution in [0.3, 0.4) is 0 Å². The van der Waals surface area contributed by atoms with Crippen LogP contribution in [0, 0.1) is 0 Å². The molecule has 0 bridgehead atoms. The van der Waals surface area contributed by atoms with Gasteiger partial charge in [0.2, 0.25) is 11.8 Å². The SMILES string of the molecule is CNC(=O)[C@@H]1CCCN1C(=O)[C@H](C)NC(=O)OCc1ccccc1. The third-order valence-corrected chi connectivity index (χ3v) is 4.00. The standard InChI is InChI=1S/C17H23N3O4/c1-12(16(22)20-10-6-9-14(20)15(21)18-2)19-17(23)24-11-13-7-4-3-5-8-13/h3-5,7-8,12,14H,6,9-11H2,1-2H3,(H,18,21)(H,19,23)/t12-,14-/m0/s1. The summed E-state index contributed by atoms with van der Waals surface area (Å²) < 4.78 is 5.11. The summed E-state index contributed by atoms with van der Waals surface area (Å²) in [6.07, 6.45) is 0.751. The molecule has 0 radical (unpaired) electrons. The number of nitrogens with one attached hydrogen (secondary N) is 2. The average molecular weight is 333 g/mol. The predicted octanol–water partition coefficient (Wildman–Crippen LogP) is 1.04. The summed E-state index contributed by atoms with van der Waals surface area (Å²) >= 11 is 0. The molecule has 0 aromatic heterocycles. The number of carbonyl (C=O) groups excluding carboxylic acids is 3. The largest absolute Gasteiger partial charge is 0.445 e. The highest BCUT2D eigenvalue weighted by Crippen LogP contribution is 2.18. The maximum atomic E-state index is 12.5. The second kappa shape index (κ2) is 8.33. The number of rotatable bonds is 5. The van der Waals surface area contributed by atoms with Gasteiger partial charge in [-0.25, -0.2) is 4.79 Å². The molecule has 2 rings (SSSR count). The molecular weight excluding hydrogens is 310 g/mol. The van der Waals surface area contributed by atoms with Crippen LogP contribution in [0.1, 0.15) is 25.3 Å². The van der Waals surface area contributed by atoms with Crippen LogP contribution in [0.5, 0.6) is 0 Å². The summed E-state index contributed by atoms with van der Waals surface area (Å²) in [7, 11) is 1.55. The van der Waals surface area contributed by atoms with Crippen molar-refractivity contribution >= 4 is 17.9 Å². The number of amides is 3. The summed E-state index contributed by atoms with van der Waals surface area (Å²) in [5.74, 6) is -0.461. The third kappa shape index (κ3) is 4.47. The lowest BCUT2D eigenvalue weighted by atomic mass is 10.2. The Morgan fingerprint density at radius 2 is 2.00 bits per heavy atom. The van der Waals surface area contributed by atoms with Gasteiger partial charge >= 0.3 is 6.09 Å². The molecule has 0 saturated carbocycles. The lowest BCUT2D eigenvalue weighted by Gasteiger charge is -2.26. The fourth-order valence-corrected chi connectivity index (χ4v) is 2.72. The summed E-state index contributed by atoms with van der Waals surface area (Å²) in [5, 5.41) is 5.09. The molecular formula is C17H23N3O4. The zero-order chi connectivity index (χ0) is 17.5. The van der Waals surface area contributed by atoms with E-state index >= 15 is 0 Å². The molecule has 1 aliphatic rings. The number of ether oxygens (including phenoxy) is 1. The Balaban J connectivity index is 1.84. The Morgan fingerprint density at radius 3 is 2.67 bits per heavy atom. The van der Waals surface area contributed by atoms with E-state index in [0.717, 1.165) is 12.0 Å². The van der Waals surface area contributed by atoms with Gasteiger partial charge in [0.05, 0.1) is 0 Å². The van der Waals surface area contributed by atoms with E-state index in [1.165, 1.54) is 4.90 Å². The lowest BCUT2D eigenvalue weighted by molar-refractivity contribution is -0.139. The molecule has 24 heavy (non-hydrogen) atoms. The molecule has 1 heterocycles. The normalized spacial score (nSPS) is 17.9. The first-order valence-corrected chi connectivity index (χ1v) is 8.02. The Kier molecular flexibility index (Phi) is 6.17. The number of carbonyl (C=O) groups is 3. The number of likely N-dealkylation sites (N-methyl/N-ethyl adjacent to an activating group) is 1. The molecule has 1 saturated heterocycles. The van der Waals surface area contributed by atoms with Gasteiger partial charge in [-0.2, -0.15) is 0 Å². The van der Waals surface area contributed by atoms with Crippen molar-refractivity contribution in [1.29, 1.82) is 0 Å². The number of nitrogens with zero attached hydrogens (tertiary/aromatic N) is 1. The van der Waals surface area contributed by atoms with Gasteiger partial charge in [0, 0.05) is 13.6 Å². The topological polar surface area (TPSA) is 87.7 Å². The quantitative estimate of drug-likeness (QED) is 0.843. The van der Waals surface area contributed by atoms with Crippen molar-refractivity contribution in [2.75, 3.05) is 13.6 Å². The van der Waals surface area contributed by atoms with Crippen molar-refractivity contribution in [3.05, 3.63) is 35.9 Å². The van der Waals surface area contributed by atoms with E-state index in [9.17, 15) is 14.4 Å². The predicted molar refractivity (Wildman–Crippen MR) is 88.0 cm³/mol. The van der Waals surface area contributed by atoms with E-state index in [4.69, 9.17) is 4.74 Å². The summed E-state index contributed by atoms with van der Waals surface area (Å²) in [6, 6.07) is 8.07. The number of hydrogen-bond donors (Lipinski definition) is 2. The zero-order valence-corrected chi connectivity index (χ0v) is 14.0. The molecule has 7 nitrogen and oxygen atoms in total. The van der Waals surface area contributed by atoms with Gasteiger partial charge in [-0.15, -0.1) is 0 Å². The molecule has 1 aromatic carbocycles. The number of likely N-dealkylation sites (tertiary alicyclic amines) is 1. The number of benzene rings is 1. The van der Waals surface area contributed by atoms with Crippen molar-refractivity contribution in [2.45, 2.75) is 38.5 Å². The molecule has 1 fully saturated rings. The number of hydrogen-bond acceptors (Lipinski definition) is 4. The monoisotopic (exact) mass is 333 g/mol. The minimum Gasteiger partial charge on any atom is -0.445 e. The minimum atomic E-state index is -0.751. The van der Waals surface area contributed by atoms with E-state index in [0.29, 0.717) is 13.0 Å². The second-order valence-electron chi connectivity index (χ2n) is 5.73. The first-order valence-electron chi connectivity index (χ1n) is 8.02. The Bertz CT molecular complexity index is 591. The first kappa shape index (κ1) is 17.8. The van der Waals surface area contributed by atoms with Crippen molar-refractivity contribution in [3.63, 3.8) is 0 Å². The molecule has 1 aliphatic heterocycles. The van der Waals surface area contributed by atoms with Gasteiger partial charge in [0.25, 0.3) is 0 Å². The molecule has 7 heteroatoms. The molecule has 1 aromatic rings. The minimum absolute atomic E-state index is 0.137. The Labute approximate surface area is 141 Å². The van der Waals surface area contributed by atoms with Crippen LogP contribution in [-0.2, 0) is 20.9 Å². The van der Waals surface area contributed by atoms with Crippen molar-refractivity contribution in [2.24, 2.45) is 0 Å². The first-order chi connectivity index (χ1) is 11.5. The summed E-state index contributed by atoms with van der Waals surface area (Å²) in [5.41, 5.74) is 0.867. The van der Waals surface area contributed by atoms with Gasteiger partial charge < -0.3 is 20.3 Å². The molecule has 3 amide bonds. The summed E-state index contributed by atoms with van der Waals surface area (Å²) in [6.45, 7) is 2.24. The fourth-order valence-electron chi connectivity index (χ4n) is 2.72. The lowest BCUT2D eigenvalue weighted by Crippen LogP contribution is -2.52. The highest BCUT2D eigenvalue weighted by Gasteiger charge is 2.35. The van der Waals surface area contributed by atoms with Gasteiger partial charge in [0.1, 0.15) is 18.7 Å². The van der Waals surface area contributed by atoms with Gasteiger partial charge in [-0.05, 0) is 25.3 Å². The molecule has 0 aliphatic carbocycles. The van der Waals surface area contributed by atoms with E-state index in [-0.39, 0.29) is 18.4 Å². The van der Waals surface area contributed by atoms with Crippen molar-refractivity contribution in [1.82, 2.24) is 15.5 Å². The Morgan fingerprint density at radius 1 is 1.29 bits per heavy atom. The van der Waals surface area contributed by atoms with Crippen molar-refractivity contribution in [3.8, 4) is 0 Å². The number of alkyl carbamates (subject to hydrolysis) is 1. The van der Waals surface area contributed by atoms with Crippen LogP contribution < -0.4 is 10.6 Å². The van der Waals surface area contributed by atoms with Crippen LogP contribution in [0.2, 0.25) is 0 Å². The van der Waals surface area contributed by atoms with Crippen LogP contribution in [0.25, 0.3) is 0 Å². The fraction of sp³-hybridized carbons (Fsp3) is 0.471. The second-order valence-corrected chi connectivity index (χ2v) is 5.73. The van der Waals surface area contributed by atoms with Gasteiger partial charge in [-0.3, -0.25) is 9.59 Å². The highest BCUT2D eigenvalue weighted by molar-refractivity contribution is 5.91. The van der Waals surface area contributed by atoms with Gasteiger partial charge in [0.15, 0.2) is 0 Å².